The number of hydrogen-bond donors (Lipinski definition) is 1. The molecule has 2 amide bonds. The van der Waals surface area contributed by atoms with Crippen LogP contribution in [0.2, 0.25) is 0 Å². The first-order valence-corrected chi connectivity index (χ1v) is 8.35. The van der Waals surface area contributed by atoms with Gasteiger partial charge in [-0.05, 0) is 32.8 Å². The van der Waals surface area contributed by atoms with Gasteiger partial charge < -0.3 is 15.0 Å². The van der Waals surface area contributed by atoms with Crippen LogP contribution in [0, 0.1) is 0 Å². The van der Waals surface area contributed by atoms with Gasteiger partial charge in [0.25, 0.3) is 5.91 Å². The van der Waals surface area contributed by atoms with Crippen molar-refractivity contribution in [1.29, 1.82) is 0 Å². The molecule has 2 aliphatic heterocycles. The molecular weight excluding hydrogens is 308 g/mol. The smallest absolute Gasteiger partial charge is 0.256 e. The Hall–Kier alpha value is -2.02. The highest BCUT2D eigenvalue weighted by Gasteiger charge is 2.58. The Labute approximate surface area is 141 Å². The fraction of sp³-hybridized carbons (Fsp3) is 0.647. The van der Waals surface area contributed by atoms with E-state index in [0.29, 0.717) is 12.1 Å². The normalized spacial score (nSPS) is 28.3. The minimum absolute atomic E-state index is 0.0643. The predicted molar refractivity (Wildman–Crippen MR) is 87.3 cm³/mol. The maximum absolute atomic E-state index is 13.0. The summed E-state index contributed by atoms with van der Waals surface area (Å²) >= 11 is 0. The van der Waals surface area contributed by atoms with Crippen molar-refractivity contribution >= 4 is 11.8 Å². The number of nitrogens with one attached hydrogen (secondary N) is 1. The first-order valence-electron chi connectivity index (χ1n) is 8.35. The zero-order valence-corrected chi connectivity index (χ0v) is 14.4. The quantitative estimate of drug-likeness (QED) is 0.898. The van der Waals surface area contributed by atoms with Gasteiger partial charge in [0.2, 0.25) is 5.91 Å². The van der Waals surface area contributed by atoms with Gasteiger partial charge in [-0.25, -0.2) is 0 Å². The van der Waals surface area contributed by atoms with Gasteiger partial charge in [0.1, 0.15) is 0 Å². The van der Waals surface area contributed by atoms with Gasteiger partial charge >= 0.3 is 0 Å². The lowest BCUT2D eigenvalue weighted by Crippen LogP contribution is -2.53. The van der Waals surface area contributed by atoms with Crippen molar-refractivity contribution < 1.29 is 14.3 Å². The van der Waals surface area contributed by atoms with Crippen LogP contribution in [0.3, 0.4) is 0 Å². The van der Waals surface area contributed by atoms with E-state index in [4.69, 9.17) is 4.74 Å². The van der Waals surface area contributed by atoms with Gasteiger partial charge in [-0.15, -0.1) is 0 Å². The van der Waals surface area contributed by atoms with Crippen LogP contribution >= 0.6 is 0 Å². The number of carbonyl (C=O) groups excluding carboxylic acids is 2. The fourth-order valence-electron chi connectivity index (χ4n) is 4.19. The Morgan fingerprint density at radius 3 is 2.88 bits per heavy atom. The van der Waals surface area contributed by atoms with Crippen LogP contribution in [0.5, 0.6) is 0 Å². The summed E-state index contributed by atoms with van der Waals surface area (Å²) in [5.41, 5.74) is -0.274. The van der Waals surface area contributed by atoms with Crippen LogP contribution in [0.15, 0.2) is 18.5 Å². The number of hydrogen-bond acceptors (Lipinski definition) is 5. The number of amides is 2. The van der Waals surface area contributed by atoms with E-state index in [0.717, 1.165) is 19.3 Å². The van der Waals surface area contributed by atoms with Crippen molar-refractivity contribution in [3.8, 4) is 0 Å². The molecule has 0 saturated carbocycles. The van der Waals surface area contributed by atoms with Crippen LogP contribution < -0.4 is 5.32 Å². The fourth-order valence-corrected chi connectivity index (χ4v) is 4.19. The molecule has 7 heteroatoms. The summed E-state index contributed by atoms with van der Waals surface area (Å²) in [6, 6.07) is 1.68. The molecule has 1 N–H and O–H groups in total. The van der Waals surface area contributed by atoms with Crippen LogP contribution in [0.4, 0.5) is 0 Å². The Balaban J connectivity index is 1.93. The summed E-state index contributed by atoms with van der Waals surface area (Å²) in [5, 5.41) is 10.2. The molecule has 1 aromatic heterocycles. The molecule has 1 spiro atoms. The van der Waals surface area contributed by atoms with Crippen LogP contribution in [0.25, 0.3) is 0 Å². The molecule has 0 radical (unpaired) electrons. The molecular formula is C17H24N4O3. The number of rotatable bonds is 3. The van der Waals surface area contributed by atoms with E-state index in [1.54, 1.807) is 13.1 Å². The molecule has 0 bridgehead atoms. The van der Waals surface area contributed by atoms with E-state index in [9.17, 15) is 9.59 Å². The van der Waals surface area contributed by atoms with Crippen molar-refractivity contribution in [2.24, 2.45) is 0 Å². The molecule has 2 atom stereocenters. The molecule has 7 nitrogen and oxygen atoms in total. The molecule has 2 fully saturated rings. The molecule has 0 aromatic carbocycles. The lowest BCUT2D eigenvalue weighted by atomic mass is 9.82. The molecule has 130 valence electrons. The van der Waals surface area contributed by atoms with Crippen molar-refractivity contribution in [3.63, 3.8) is 0 Å². The lowest BCUT2D eigenvalue weighted by Gasteiger charge is -2.38. The summed E-state index contributed by atoms with van der Waals surface area (Å²) in [6.45, 7) is 4.71. The second kappa shape index (κ2) is 6.12. The summed E-state index contributed by atoms with van der Waals surface area (Å²) in [4.78, 5) is 26.9. The Morgan fingerprint density at radius 1 is 1.42 bits per heavy atom. The third-order valence-corrected chi connectivity index (χ3v) is 5.05. The lowest BCUT2D eigenvalue weighted by molar-refractivity contribution is -0.126. The Bertz CT molecular complexity index is 634. The number of aromatic nitrogens is 2. The van der Waals surface area contributed by atoms with E-state index in [-0.39, 0.29) is 29.9 Å². The standard InChI is InChI=1S/C17H24N4O3/c1-16(2)11-17(13(24-16)9-14(22)18-3)6-4-8-21(17)15(23)12-5-7-19-20-10-12/h5,7,10,13H,4,6,8-9,11H2,1-3H3,(H,18,22)/t13-,17+/m0/s1. The average molecular weight is 332 g/mol. The highest BCUT2D eigenvalue weighted by atomic mass is 16.5. The van der Waals surface area contributed by atoms with Gasteiger partial charge in [0.15, 0.2) is 0 Å². The van der Waals surface area contributed by atoms with Gasteiger partial charge in [-0.2, -0.15) is 10.2 Å². The zero-order valence-electron chi connectivity index (χ0n) is 14.4. The number of nitrogens with zero attached hydrogens (tertiary/aromatic N) is 3. The van der Waals surface area contributed by atoms with E-state index in [1.165, 1.54) is 12.4 Å². The van der Waals surface area contributed by atoms with Crippen molar-refractivity contribution in [2.45, 2.75) is 56.8 Å². The summed E-state index contributed by atoms with van der Waals surface area (Å²) < 4.78 is 6.19. The molecule has 3 heterocycles. The largest absolute Gasteiger partial charge is 0.369 e. The minimum atomic E-state index is -0.434. The minimum Gasteiger partial charge on any atom is -0.369 e. The first kappa shape index (κ1) is 16.8. The van der Waals surface area contributed by atoms with E-state index >= 15 is 0 Å². The predicted octanol–water partition coefficient (Wildman–Crippen LogP) is 1.15. The molecule has 1 aromatic rings. The Morgan fingerprint density at radius 2 is 2.21 bits per heavy atom. The average Bonchev–Trinajstić information content (AvgIpc) is 3.08. The number of ether oxygens (including phenoxy) is 1. The second-order valence-electron chi connectivity index (χ2n) is 7.22. The van der Waals surface area contributed by atoms with Crippen molar-refractivity contribution in [1.82, 2.24) is 20.4 Å². The first-order chi connectivity index (χ1) is 11.4. The highest BCUT2D eigenvalue weighted by molar-refractivity contribution is 5.94. The van der Waals surface area contributed by atoms with Crippen molar-refractivity contribution in [3.05, 3.63) is 24.0 Å². The monoisotopic (exact) mass is 332 g/mol. The van der Waals surface area contributed by atoms with Crippen molar-refractivity contribution in [2.75, 3.05) is 13.6 Å². The summed E-state index contributed by atoms with van der Waals surface area (Å²) in [7, 11) is 1.62. The zero-order chi connectivity index (χ0) is 17.4. The molecule has 2 aliphatic rings. The van der Waals surface area contributed by atoms with Gasteiger partial charge in [0.05, 0.1) is 41.6 Å². The van der Waals surface area contributed by atoms with Gasteiger partial charge in [-0.3, -0.25) is 9.59 Å². The number of likely N-dealkylation sites (tertiary alicyclic amines) is 1. The molecule has 24 heavy (non-hydrogen) atoms. The topological polar surface area (TPSA) is 84.4 Å². The summed E-state index contributed by atoms with van der Waals surface area (Å²) in [5.74, 6) is -0.132. The maximum Gasteiger partial charge on any atom is 0.256 e. The molecule has 0 aliphatic carbocycles. The van der Waals surface area contributed by atoms with E-state index in [2.05, 4.69) is 15.5 Å². The van der Waals surface area contributed by atoms with Crippen LogP contribution in [0.1, 0.15) is 49.9 Å². The summed E-state index contributed by atoms with van der Waals surface area (Å²) in [6.07, 6.45) is 5.46. The molecule has 2 saturated heterocycles. The van der Waals surface area contributed by atoms with Crippen LogP contribution in [-0.2, 0) is 9.53 Å². The maximum atomic E-state index is 13.0. The van der Waals surface area contributed by atoms with E-state index < -0.39 is 5.54 Å². The second-order valence-corrected chi connectivity index (χ2v) is 7.22. The molecule has 0 unspecified atom stereocenters. The highest BCUT2D eigenvalue weighted by Crippen LogP contribution is 2.49. The third kappa shape index (κ3) is 2.88. The van der Waals surface area contributed by atoms with Crippen LogP contribution in [-0.4, -0.2) is 57.7 Å². The SMILES string of the molecule is CNC(=O)C[C@@H]1OC(C)(C)C[C@]12CCCN2C(=O)c1ccnnc1. The van der Waals surface area contributed by atoms with Gasteiger partial charge in [0, 0.05) is 20.0 Å². The molecule has 3 rings (SSSR count). The van der Waals surface area contributed by atoms with E-state index in [1.807, 2.05) is 18.7 Å². The Kier molecular flexibility index (Phi) is 4.29. The van der Waals surface area contributed by atoms with Gasteiger partial charge in [-0.1, -0.05) is 0 Å². The number of carbonyl (C=O) groups is 2. The third-order valence-electron chi connectivity index (χ3n) is 5.05.